The molecule has 3 heterocycles. The van der Waals surface area contributed by atoms with E-state index in [-0.39, 0.29) is 5.91 Å². The summed E-state index contributed by atoms with van der Waals surface area (Å²) in [6.07, 6.45) is 4.92. The molecule has 0 atom stereocenters. The van der Waals surface area contributed by atoms with E-state index in [4.69, 9.17) is 0 Å². The number of thiophene rings is 1. The molecule has 118 valence electrons. The second kappa shape index (κ2) is 6.05. The highest BCUT2D eigenvalue weighted by molar-refractivity contribution is 7.12. The molecule has 8 nitrogen and oxygen atoms in total. The predicted octanol–water partition coefficient (Wildman–Crippen LogP) is 2.37. The number of carbonyl (C=O) groups excluding carboxylic acids is 1. The van der Waals surface area contributed by atoms with Crippen LogP contribution in [0.25, 0.3) is 17.1 Å². The number of amides is 1. The van der Waals surface area contributed by atoms with Crippen molar-refractivity contribution in [3.63, 3.8) is 0 Å². The SMILES string of the molecule is O=C(Nc1ccc(-c2ncc[nH]2)cc1)c1sccc1-n1cnnn1. The van der Waals surface area contributed by atoms with Gasteiger partial charge in [0.15, 0.2) is 0 Å². The van der Waals surface area contributed by atoms with Gasteiger partial charge in [-0.05, 0) is 46.1 Å². The van der Waals surface area contributed by atoms with Gasteiger partial charge in [-0.1, -0.05) is 0 Å². The third-order valence-electron chi connectivity index (χ3n) is 3.36. The van der Waals surface area contributed by atoms with Crippen LogP contribution in [0, 0.1) is 0 Å². The molecule has 0 aliphatic heterocycles. The van der Waals surface area contributed by atoms with Gasteiger partial charge in [-0.25, -0.2) is 4.98 Å². The zero-order chi connectivity index (χ0) is 16.4. The van der Waals surface area contributed by atoms with E-state index in [9.17, 15) is 4.79 Å². The number of aromatic nitrogens is 6. The standard InChI is InChI=1S/C15H11N7OS/c23-15(13-12(5-8-24-13)22-9-18-20-21-22)19-11-3-1-10(2-4-11)14-16-6-7-17-14/h1-9H,(H,16,17)(H,19,23). The lowest BCUT2D eigenvalue weighted by Gasteiger charge is -2.06. The van der Waals surface area contributed by atoms with Gasteiger partial charge in [-0.2, -0.15) is 4.68 Å². The van der Waals surface area contributed by atoms with Crippen molar-refractivity contribution in [1.29, 1.82) is 0 Å². The van der Waals surface area contributed by atoms with Crippen LogP contribution in [-0.4, -0.2) is 36.1 Å². The number of nitrogens with one attached hydrogen (secondary N) is 2. The second-order valence-corrected chi connectivity index (χ2v) is 5.77. The van der Waals surface area contributed by atoms with Crippen molar-refractivity contribution < 1.29 is 4.79 Å². The molecule has 0 aliphatic carbocycles. The molecule has 1 amide bonds. The summed E-state index contributed by atoms with van der Waals surface area (Å²) < 4.78 is 1.46. The summed E-state index contributed by atoms with van der Waals surface area (Å²) in [5.41, 5.74) is 2.30. The molecular formula is C15H11N7OS. The number of aromatic amines is 1. The largest absolute Gasteiger partial charge is 0.345 e. The van der Waals surface area contributed by atoms with Crippen molar-refractivity contribution >= 4 is 22.9 Å². The number of imidazole rings is 1. The number of tetrazole rings is 1. The molecule has 0 radical (unpaired) electrons. The second-order valence-electron chi connectivity index (χ2n) is 4.86. The van der Waals surface area contributed by atoms with Crippen LogP contribution in [0.2, 0.25) is 0 Å². The fourth-order valence-electron chi connectivity index (χ4n) is 2.25. The van der Waals surface area contributed by atoms with Crippen LogP contribution in [0.1, 0.15) is 9.67 Å². The number of hydrogen-bond donors (Lipinski definition) is 2. The highest BCUT2D eigenvalue weighted by atomic mass is 32.1. The Morgan fingerprint density at radius 2 is 2.08 bits per heavy atom. The number of anilines is 1. The minimum atomic E-state index is -0.207. The van der Waals surface area contributed by atoms with Crippen LogP contribution in [0.3, 0.4) is 0 Å². The van der Waals surface area contributed by atoms with Crippen molar-refractivity contribution in [2.24, 2.45) is 0 Å². The van der Waals surface area contributed by atoms with Gasteiger partial charge in [-0.15, -0.1) is 16.4 Å². The Kier molecular flexibility index (Phi) is 3.60. The lowest BCUT2D eigenvalue weighted by atomic mass is 10.2. The van der Waals surface area contributed by atoms with Crippen LogP contribution < -0.4 is 5.32 Å². The Bertz CT molecular complexity index is 942. The fourth-order valence-corrected chi connectivity index (χ4v) is 3.02. The van der Waals surface area contributed by atoms with Crippen LogP contribution in [-0.2, 0) is 0 Å². The Balaban J connectivity index is 1.54. The van der Waals surface area contributed by atoms with E-state index in [0.29, 0.717) is 16.3 Å². The van der Waals surface area contributed by atoms with E-state index in [1.54, 1.807) is 18.5 Å². The third kappa shape index (κ3) is 2.68. The Morgan fingerprint density at radius 3 is 2.79 bits per heavy atom. The van der Waals surface area contributed by atoms with E-state index in [1.165, 1.54) is 22.3 Å². The maximum Gasteiger partial charge on any atom is 0.267 e. The lowest BCUT2D eigenvalue weighted by molar-refractivity contribution is 0.103. The molecular weight excluding hydrogens is 326 g/mol. The van der Waals surface area contributed by atoms with Crippen LogP contribution in [0.15, 0.2) is 54.4 Å². The summed E-state index contributed by atoms with van der Waals surface area (Å²) in [4.78, 5) is 20.3. The minimum absolute atomic E-state index is 0.207. The van der Waals surface area contributed by atoms with Gasteiger partial charge in [0.05, 0.1) is 5.69 Å². The zero-order valence-electron chi connectivity index (χ0n) is 12.2. The molecule has 4 aromatic rings. The molecule has 0 bridgehead atoms. The maximum absolute atomic E-state index is 12.5. The molecule has 0 aliphatic rings. The molecule has 9 heteroatoms. The third-order valence-corrected chi connectivity index (χ3v) is 4.26. The normalized spacial score (nSPS) is 10.7. The highest BCUT2D eigenvalue weighted by Gasteiger charge is 2.15. The van der Waals surface area contributed by atoms with Gasteiger partial charge in [0.2, 0.25) is 0 Å². The molecule has 0 saturated carbocycles. The van der Waals surface area contributed by atoms with E-state index >= 15 is 0 Å². The summed E-state index contributed by atoms with van der Waals surface area (Å²) >= 11 is 1.33. The number of nitrogens with zero attached hydrogens (tertiary/aromatic N) is 5. The summed E-state index contributed by atoms with van der Waals surface area (Å²) in [5.74, 6) is 0.577. The average Bonchev–Trinajstić information content (AvgIpc) is 3.35. The predicted molar refractivity (Wildman–Crippen MR) is 89.0 cm³/mol. The van der Waals surface area contributed by atoms with Gasteiger partial charge in [0.1, 0.15) is 17.0 Å². The van der Waals surface area contributed by atoms with Crippen molar-refractivity contribution in [3.05, 3.63) is 59.3 Å². The molecule has 1 aromatic carbocycles. The monoisotopic (exact) mass is 337 g/mol. The first-order valence-corrected chi connectivity index (χ1v) is 7.91. The molecule has 0 unspecified atom stereocenters. The summed E-state index contributed by atoms with van der Waals surface area (Å²) in [6, 6.07) is 9.26. The van der Waals surface area contributed by atoms with E-state index < -0.39 is 0 Å². The number of H-pyrrole nitrogens is 1. The Labute approximate surface area is 140 Å². The Morgan fingerprint density at radius 1 is 1.21 bits per heavy atom. The first-order chi connectivity index (χ1) is 11.8. The number of hydrogen-bond acceptors (Lipinski definition) is 6. The summed E-state index contributed by atoms with van der Waals surface area (Å²) in [7, 11) is 0. The van der Waals surface area contributed by atoms with Gasteiger partial charge in [0.25, 0.3) is 5.91 Å². The molecule has 0 fully saturated rings. The average molecular weight is 337 g/mol. The molecule has 0 saturated heterocycles. The summed E-state index contributed by atoms with van der Waals surface area (Å²) in [6.45, 7) is 0. The molecule has 2 N–H and O–H groups in total. The van der Waals surface area contributed by atoms with Crippen molar-refractivity contribution in [1.82, 2.24) is 30.2 Å². The Hall–Kier alpha value is -3.33. The first-order valence-electron chi connectivity index (χ1n) is 7.03. The van der Waals surface area contributed by atoms with Gasteiger partial charge >= 0.3 is 0 Å². The van der Waals surface area contributed by atoms with Gasteiger partial charge < -0.3 is 10.3 Å². The molecule has 0 spiro atoms. The topological polar surface area (TPSA) is 101 Å². The van der Waals surface area contributed by atoms with Crippen molar-refractivity contribution in [2.45, 2.75) is 0 Å². The number of benzene rings is 1. The first kappa shape index (κ1) is 14.3. The van der Waals surface area contributed by atoms with Crippen LogP contribution in [0.4, 0.5) is 5.69 Å². The van der Waals surface area contributed by atoms with E-state index in [2.05, 4.69) is 30.8 Å². The number of carbonyl (C=O) groups is 1. The number of rotatable bonds is 4. The smallest absolute Gasteiger partial charge is 0.267 e. The minimum Gasteiger partial charge on any atom is -0.345 e. The van der Waals surface area contributed by atoms with Crippen molar-refractivity contribution in [3.8, 4) is 17.1 Å². The van der Waals surface area contributed by atoms with E-state index in [1.807, 2.05) is 29.6 Å². The lowest BCUT2D eigenvalue weighted by Crippen LogP contribution is -2.13. The van der Waals surface area contributed by atoms with Crippen LogP contribution >= 0.6 is 11.3 Å². The van der Waals surface area contributed by atoms with E-state index in [0.717, 1.165) is 11.4 Å². The molecule has 24 heavy (non-hydrogen) atoms. The highest BCUT2D eigenvalue weighted by Crippen LogP contribution is 2.23. The zero-order valence-corrected chi connectivity index (χ0v) is 13.1. The maximum atomic E-state index is 12.5. The van der Waals surface area contributed by atoms with Gasteiger partial charge in [0, 0.05) is 23.6 Å². The quantitative estimate of drug-likeness (QED) is 0.595. The van der Waals surface area contributed by atoms with Gasteiger partial charge in [-0.3, -0.25) is 4.79 Å². The summed E-state index contributed by atoms with van der Waals surface area (Å²) in [5, 5.41) is 15.7. The molecule has 3 aromatic heterocycles. The molecule has 4 rings (SSSR count). The van der Waals surface area contributed by atoms with Crippen LogP contribution in [0.5, 0.6) is 0 Å². The fraction of sp³-hybridized carbons (Fsp3) is 0. The van der Waals surface area contributed by atoms with Crippen molar-refractivity contribution in [2.75, 3.05) is 5.32 Å².